The fourth-order valence-electron chi connectivity index (χ4n) is 2.29. The molecule has 0 fully saturated rings. The summed E-state index contributed by atoms with van der Waals surface area (Å²) in [5.74, 6) is 2.88. The van der Waals surface area contributed by atoms with E-state index in [-0.39, 0.29) is 0 Å². The van der Waals surface area contributed by atoms with Crippen LogP contribution in [-0.4, -0.2) is 36.6 Å². The fourth-order valence-corrected chi connectivity index (χ4v) is 3.51. The summed E-state index contributed by atoms with van der Waals surface area (Å²) in [6, 6.07) is 2.70. The van der Waals surface area contributed by atoms with Gasteiger partial charge in [-0.3, -0.25) is 0 Å². The molecule has 1 rings (SSSR count). The number of anilines is 1. The van der Waals surface area contributed by atoms with Crippen molar-refractivity contribution in [3.8, 4) is 0 Å². The van der Waals surface area contributed by atoms with Crippen LogP contribution in [0.1, 0.15) is 32.8 Å². The van der Waals surface area contributed by atoms with Crippen LogP contribution in [0.4, 0.5) is 5.82 Å². The van der Waals surface area contributed by atoms with Crippen LogP contribution in [-0.2, 0) is 6.54 Å². The minimum absolute atomic E-state index is 0.525. The molecule has 0 aliphatic carbocycles. The summed E-state index contributed by atoms with van der Waals surface area (Å²) in [5, 5.41) is 3.52. The van der Waals surface area contributed by atoms with Gasteiger partial charge >= 0.3 is 0 Å². The van der Waals surface area contributed by atoms with Gasteiger partial charge in [0, 0.05) is 41.6 Å². The van der Waals surface area contributed by atoms with Crippen LogP contribution in [0.5, 0.6) is 0 Å². The highest BCUT2D eigenvalue weighted by Crippen LogP contribution is 2.24. The van der Waals surface area contributed by atoms with Crippen molar-refractivity contribution in [1.82, 2.24) is 10.3 Å². The number of rotatable bonds is 9. The van der Waals surface area contributed by atoms with Crippen molar-refractivity contribution in [2.75, 3.05) is 30.5 Å². The van der Waals surface area contributed by atoms with E-state index in [2.05, 4.69) is 71.3 Å². The highest BCUT2D eigenvalue weighted by atomic mass is 79.9. The first-order valence-corrected chi connectivity index (χ1v) is 9.75. The topological polar surface area (TPSA) is 28.2 Å². The van der Waals surface area contributed by atoms with Crippen molar-refractivity contribution < 1.29 is 0 Å². The standard InChI is InChI=1S/C16H28BrN3S/c1-6-15(11-21-5)20(4)16-13(7-14(17)10-19-16)9-18-8-12(2)3/h7,10,12,15,18H,6,8-9,11H2,1-5H3. The Morgan fingerprint density at radius 2 is 2.14 bits per heavy atom. The number of hydrogen-bond donors (Lipinski definition) is 1. The molecule has 1 aromatic heterocycles. The molecule has 1 N–H and O–H groups in total. The zero-order chi connectivity index (χ0) is 15.8. The van der Waals surface area contributed by atoms with E-state index in [4.69, 9.17) is 0 Å². The monoisotopic (exact) mass is 373 g/mol. The number of nitrogens with zero attached hydrogens (tertiary/aromatic N) is 2. The van der Waals surface area contributed by atoms with Gasteiger partial charge in [-0.05, 0) is 47.1 Å². The lowest BCUT2D eigenvalue weighted by molar-refractivity contribution is 0.550. The molecule has 1 atom stereocenters. The van der Waals surface area contributed by atoms with Crippen LogP contribution >= 0.6 is 27.7 Å². The molecule has 21 heavy (non-hydrogen) atoms. The van der Waals surface area contributed by atoms with E-state index in [0.717, 1.165) is 35.6 Å². The zero-order valence-electron chi connectivity index (χ0n) is 13.8. The minimum Gasteiger partial charge on any atom is -0.356 e. The van der Waals surface area contributed by atoms with E-state index in [9.17, 15) is 0 Å². The Labute approximate surface area is 142 Å². The Balaban J connectivity index is 2.88. The number of aromatic nitrogens is 1. The second kappa shape index (κ2) is 9.70. The number of hydrogen-bond acceptors (Lipinski definition) is 4. The second-order valence-electron chi connectivity index (χ2n) is 5.79. The number of halogens is 1. The summed E-state index contributed by atoms with van der Waals surface area (Å²) in [4.78, 5) is 6.99. The molecule has 1 heterocycles. The molecule has 0 aromatic carbocycles. The predicted molar refractivity (Wildman–Crippen MR) is 99.3 cm³/mol. The smallest absolute Gasteiger partial charge is 0.133 e. The summed E-state index contributed by atoms with van der Waals surface area (Å²) in [5.41, 5.74) is 1.26. The minimum atomic E-state index is 0.525. The van der Waals surface area contributed by atoms with Crippen molar-refractivity contribution in [2.45, 2.75) is 39.8 Å². The van der Waals surface area contributed by atoms with Crippen molar-refractivity contribution in [3.05, 3.63) is 22.3 Å². The lowest BCUT2D eigenvalue weighted by Crippen LogP contribution is -2.35. The van der Waals surface area contributed by atoms with Gasteiger partial charge in [0.1, 0.15) is 5.82 Å². The molecular formula is C16H28BrN3S. The molecule has 0 aliphatic rings. The van der Waals surface area contributed by atoms with Crippen LogP contribution in [0, 0.1) is 5.92 Å². The van der Waals surface area contributed by atoms with E-state index < -0.39 is 0 Å². The van der Waals surface area contributed by atoms with Crippen molar-refractivity contribution in [3.63, 3.8) is 0 Å². The third kappa shape index (κ3) is 6.17. The Bertz CT molecular complexity index is 426. The lowest BCUT2D eigenvalue weighted by Gasteiger charge is -2.29. The molecule has 0 amide bonds. The molecule has 0 bridgehead atoms. The SMILES string of the molecule is CCC(CSC)N(C)c1ncc(Br)cc1CNCC(C)C. The van der Waals surface area contributed by atoms with E-state index in [0.29, 0.717) is 12.0 Å². The van der Waals surface area contributed by atoms with Gasteiger partial charge < -0.3 is 10.2 Å². The molecular weight excluding hydrogens is 346 g/mol. The second-order valence-corrected chi connectivity index (χ2v) is 7.62. The molecule has 0 spiro atoms. The maximum absolute atomic E-state index is 4.66. The largest absolute Gasteiger partial charge is 0.356 e. The summed E-state index contributed by atoms with van der Waals surface area (Å²) >= 11 is 5.43. The van der Waals surface area contributed by atoms with Crippen LogP contribution < -0.4 is 10.2 Å². The highest BCUT2D eigenvalue weighted by molar-refractivity contribution is 9.10. The maximum Gasteiger partial charge on any atom is 0.133 e. The molecule has 1 aromatic rings. The Morgan fingerprint density at radius 1 is 1.43 bits per heavy atom. The highest BCUT2D eigenvalue weighted by Gasteiger charge is 2.17. The van der Waals surface area contributed by atoms with Crippen molar-refractivity contribution in [1.29, 1.82) is 0 Å². The number of nitrogens with one attached hydrogen (secondary N) is 1. The molecule has 0 aliphatic heterocycles. The molecule has 0 saturated carbocycles. The van der Waals surface area contributed by atoms with Crippen molar-refractivity contribution >= 4 is 33.5 Å². The van der Waals surface area contributed by atoms with Gasteiger partial charge in [0.05, 0.1) is 0 Å². The zero-order valence-corrected chi connectivity index (χ0v) is 16.2. The van der Waals surface area contributed by atoms with E-state index in [1.54, 1.807) is 0 Å². The first kappa shape index (κ1) is 18.8. The Hall–Kier alpha value is -0.260. The normalized spacial score (nSPS) is 12.7. The maximum atomic E-state index is 4.66. The van der Waals surface area contributed by atoms with Crippen LogP contribution in [0.2, 0.25) is 0 Å². The lowest BCUT2D eigenvalue weighted by atomic mass is 10.1. The summed E-state index contributed by atoms with van der Waals surface area (Å²) in [6.07, 6.45) is 5.19. The third-order valence-electron chi connectivity index (χ3n) is 3.49. The quantitative estimate of drug-likeness (QED) is 0.702. The Kier molecular flexibility index (Phi) is 8.67. The van der Waals surface area contributed by atoms with Gasteiger partial charge in [0.15, 0.2) is 0 Å². The van der Waals surface area contributed by atoms with Gasteiger partial charge in [0.2, 0.25) is 0 Å². The average molecular weight is 374 g/mol. The molecule has 0 radical (unpaired) electrons. The van der Waals surface area contributed by atoms with Crippen molar-refractivity contribution in [2.24, 2.45) is 5.92 Å². The third-order valence-corrected chi connectivity index (χ3v) is 4.64. The predicted octanol–water partition coefficient (Wildman–Crippen LogP) is 4.17. The van der Waals surface area contributed by atoms with E-state index >= 15 is 0 Å². The van der Waals surface area contributed by atoms with Gasteiger partial charge in [-0.2, -0.15) is 11.8 Å². The van der Waals surface area contributed by atoms with Crippen LogP contribution in [0.25, 0.3) is 0 Å². The average Bonchev–Trinajstić information content (AvgIpc) is 2.44. The summed E-state index contributed by atoms with van der Waals surface area (Å²) in [6.45, 7) is 8.58. The van der Waals surface area contributed by atoms with Crippen LogP contribution in [0.15, 0.2) is 16.7 Å². The summed E-state index contributed by atoms with van der Waals surface area (Å²) in [7, 11) is 2.16. The van der Waals surface area contributed by atoms with E-state index in [1.807, 2.05) is 18.0 Å². The molecule has 1 unspecified atom stereocenters. The van der Waals surface area contributed by atoms with E-state index in [1.165, 1.54) is 5.56 Å². The van der Waals surface area contributed by atoms with Gasteiger partial charge in [-0.1, -0.05) is 20.8 Å². The summed E-state index contributed by atoms with van der Waals surface area (Å²) < 4.78 is 1.04. The molecule has 0 saturated heterocycles. The molecule has 5 heteroatoms. The molecule has 120 valence electrons. The van der Waals surface area contributed by atoms with Gasteiger partial charge in [-0.25, -0.2) is 4.98 Å². The fraction of sp³-hybridized carbons (Fsp3) is 0.688. The number of thioether (sulfide) groups is 1. The van der Waals surface area contributed by atoms with Gasteiger partial charge in [0.25, 0.3) is 0 Å². The number of pyridine rings is 1. The first-order chi connectivity index (χ1) is 9.99. The van der Waals surface area contributed by atoms with Crippen LogP contribution in [0.3, 0.4) is 0 Å². The van der Waals surface area contributed by atoms with Gasteiger partial charge in [-0.15, -0.1) is 0 Å². The Morgan fingerprint density at radius 3 is 2.71 bits per heavy atom. The first-order valence-electron chi connectivity index (χ1n) is 7.56. The molecule has 3 nitrogen and oxygen atoms in total.